The zero-order chi connectivity index (χ0) is 29.1. The van der Waals surface area contributed by atoms with Crippen LogP contribution >= 0.6 is 0 Å². The van der Waals surface area contributed by atoms with Crippen LogP contribution in [-0.4, -0.2) is 111 Å². The number of hydrogen-bond acceptors (Lipinski definition) is 8. The number of carbonyl (C=O) groups is 1. The summed E-state index contributed by atoms with van der Waals surface area (Å²) in [6.07, 6.45) is 3.16. The van der Waals surface area contributed by atoms with Crippen LogP contribution in [0, 0.1) is 5.82 Å². The molecule has 3 aliphatic heterocycles. The van der Waals surface area contributed by atoms with Gasteiger partial charge in [-0.3, -0.25) is 14.5 Å². The highest BCUT2D eigenvalue weighted by Gasteiger charge is 2.28. The average Bonchev–Trinajstić information content (AvgIpc) is 3.01. The minimum Gasteiger partial charge on any atom is -0.451 e. The lowest BCUT2D eigenvalue weighted by molar-refractivity contribution is 0.0374. The number of para-hydroxylation sites is 2. The average molecular weight is 579 g/mol. The second-order valence-electron chi connectivity index (χ2n) is 11.3. The number of hydrogen-bond donors (Lipinski definition) is 2. The van der Waals surface area contributed by atoms with Gasteiger partial charge in [0.25, 0.3) is 5.91 Å². The fourth-order valence-electron chi connectivity index (χ4n) is 5.91. The Hall–Kier alpha value is -3.51. The van der Waals surface area contributed by atoms with E-state index in [4.69, 9.17) is 9.47 Å². The number of morpholine rings is 1. The van der Waals surface area contributed by atoms with E-state index in [0.29, 0.717) is 30.0 Å². The van der Waals surface area contributed by atoms with Crippen molar-refractivity contribution < 1.29 is 18.7 Å². The summed E-state index contributed by atoms with van der Waals surface area (Å²) in [5.41, 5.74) is 0.818. The fraction of sp³-hybridized carbons (Fsp3) is 0.484. The number of aromatic nitrogens is 1. The minimum absolute atomic E-state index is 0.0242. The molecule has 0 saturated carbocycles. The van der Waals surface area contributed by atoms with Gasteiger partial charge in [-0.1, -0.05) is 12.1 Å². The third kappa shape index (κ3) is 6.00. The normalized spacial score (nSPS) is 17.6. The highest BCUT2D eigenvalue weighted by molar-refractivity contribution is 6.01. The smallest absolute Gasteiger partial charge is 0.256 e. The second kappa shape index (κ2) is 12.8. The van der Waals surface area contributed by atoms with Gasteiger partial charge in [-0.2, -0.15) is 0 Å². The first-order chi connectivity index (χ1) is 20.5. The van der Waals surface area contributed by atoms with Gasteiger partial charge >= 0.3 is 0 Å². The number of carbonyl (C=O) groups excluding carboxylic acids is 1. The number of amides is 1. The van der Waals surface area contributed by atoms with Crippen LogP contribution in [-0.2, 0) is 4.74 Å². The summed E-state index contributed by atoms with van der Waals surface area (Å²) in [6.45, 7) is 10.1. The Kier molecular flexibility index (Phi) is 8.71. The van der Waals surface area contributed by atoms with E-state index >= 15 is 4.39 Å². The number of pyridine rings is 1. The highest BCUT2D eigenvalue weighted by atomic mass is 19.1. The molecule has 0 aliphatic carbocycles. The van der Waals surface area contributed by atoms with Gasteiger partial charge in [-0.25, -0.2) is 4.39 Å². The number of anilines is 1. The molecule has 1 amide bonds. The van der Waals surface area contributed by atoms with Gasteiger partial charge in [-0.05, 0) is 51.2 Å². The molecular weight excluding hydrogens is 539 g/mol. The second-order valence-corrected chi connectivity index (χ2v) is 11.3. The minimum atomic E-state index is -0.580. The molecule has 11 heteroatoms. The Morgan fingerprint density at radius 1 is 0.976 bits per heavy atom. The maximum atomic E-state index is 15.6. The number of ether oxygens (including phenoxy) is 2. The van der Waals surface area contributed by atoms with Crippen molar-refractivity contribution in [3.8, 4) is 17.2 Å². The van der Waals surface area contributed by atoms with E-state index in [0.717, 1.165) is 78.4 Å². The number of halogens is 1. The molecule has 2 aromatic carbocycles. The van der Waals surface area contributed by atoms with Crippen molar-refractivity contribution in [2.75, 3.05) is 91.0 Å². The number of nitrogens with one attached hydrogen (secondary N) is 2. The van der Waals surface area contributed by atoms with E-state index in [9.17, 15) is 9.59 Å². The SMILES string of the molecule is CN1CCN(CCCNc2c(F)cc3c(=O)c(C(=O)NCCCN4CCOCC4)cn4c3c2Oc2ccccc2-4)CC1. The Morgan fingerprint density at radius 2 is 1.69 bits per heavy atom. The van der Waals surface area contributed by atoms with Crippen molar-refractivity contribution in [1.82, 2.24) is 24.6 Å². The van der Waals surface area contributed by atoms with E-state index in [1.54, 1.807) is 16.8 Å². The topological polar surface area (TPSA) is 91.3 Å². The summed E-state index contributed by atoms with van der Waals surface area (Å²) >= 11 is 0. The van der Waals surface area contributed by atoms with Gasteiger partial charge in [0.05, 0.1) is 24.3 Å². The number of fused-ring (bicyclic) bond motifs is 2. The predicted molar refractivity (Wildman–Crippen MR) is 161 cm³/mol. The Bertz CT molecular complexity index is 1500. The maximum Gasteiger partial charge on any atom is 0.256 e. The van der Waals surface area contributed by atoms with Crippen molar-refractivity contribution in [2.45, 2.75) is 12.8 Å². The van der Waals surface area contributed by atoms with Crippen molar-refractivity contribution in [1.29, 1.82) is 0 Å². The van der Waals surface area contributed by atoms with Crippen LogP contribution in [0.3, 0.4) is 0 Å². The van der Waals surface area contributed by atoms with E-state index in [-0.39, 0.29) is 22.4 Å². The van der Waals surface area contributed by atoms with Crippen molar-refractivity contribution in [2.24, 2.45) is 0 Å². The van der Waals surface area contributed by atoms with Gasteiger partial charge in [-0.15, -0.1) is 0 Å². The first-order valence-corrected chi connectivity index (χ1v) is 14.9. The van der Waals surface area contributed by atoms with Crippen LogP contribution < -0.4 is 20.8 Å². The van der Waals surface area contributed by atoms with Gasteiger partial charge in [0.2, 0.25) is 5.43 Å². The Labute approximate surface area is 245 Å². The highest BCUT2D eigenvalue weighted by Crippen LogP contribution is 2.45. The zero-order valence-corrected chi connectivity index (χ0v) is 24.2. The number of likely N-dealkylation sites (N-methyl/N-ethyl adjacent to an activating group) is 1. The summed E-state index contributed by atoms with van der Waals surface area (Å²) in [7, 11) is 2.13. The third-order valence-corrected chi connectivity index (χ3v) is 8.37. The van der Waals surface area contributed by atoms with Crippen LogP contribution in [0.4, 0.5) is 10.1 Å². The number of nitrogens with zero attached hydrogens (tertiary/aromatic N) is 4. The van der Waals surface area contributed by atoms with Gasteiger partial charge < -0.3 is 34.5 Å². The quantitative estimate of drug-likeness (QED) is 0.278. The van der Waals surface area contributed by atoms with E-state index in [1.807, 2.05) is 18.2 Å². The third-order valence-electron chi connectivity index (χ3n) is 8.37. The molecule has 3 aliphatic rings. The van der Waals surface area contributed by atoms with Crippen molar-refractivity contribution in [3.63, 3.8) is 0 Å². The van der Waals surface area contributed by atoms with Gasteiger partial charge in [0.15, 0.2) is 17.3 Å². The molecule has 4 heterocycles. The molecule has 224 valence electrons. The molecule has 2 N–H and O–H groups in total. The zero-order valence-electron chi connectivity index (χ0n) is 24.2. The molecule has 1 aromatic heterocycles. The first-order valence-electron chi connectivity index (χ1n) is 14.9. The molecule has 42 heavy (non-hydrogen) atoms. The molecule has 0 atom stereocenters. The molecule has 0 radical (unpaired) electrons. The molecule has 0 unspecified atom stereocenters. The summed E-state index contributed by atoms with van der Waals surface area (Å²) in [6, 6.07) is 8.60. The van der Waals surface area contributed by atoms with E-state index in [1.165, 1.54) is 6.07 Å². The van der Waals surface area contributed by atoms with Crippen molar-refractivity contribution >= 4 is 22.5 Å². The van der Waals surface area contributed by atoms with Crippen molar-refractivity contribution in [3.05, 3.63) is 58.1 Å². The molecular formula is C31H39FN6O4. The lowest BCUT2D eigenvalue weighted by Crippen LogP contribution is -2.44. The summed E-state index contributed by atoms with van der Waals surface area (Å²) in [4.78, 5) is 33.8. The maximum absolute atomic E-state index is 15.6. The lowest BCUT2D eigenvalue weighted by Gasteiger charge is -2.32. The summed E-state index contributed by atoms with van der Waals surface area (Å²) < 4.78 is 29.0. The van der Waals surface area contributed by atoms with Crippen LogP contribution in [0.15, 0.2) is 41.3 Å². The van der Waals surface area contributed by atoms with Crippen LogP contribution in [0.25, 0.3) is 16.6 Å². The predicted octanol–water partition coefficient (Wildman–Crippen LogP) is 2.74. The molecule has 3 aromatic rings. The summed E-state index contributed by atoms with van der Waals surface area (Å²) in [5, 5.41) is 6.24. The monoisotopic (exact) mass is 578 g/mol. The number of piperazine rings is 1. The molecule has 2 saturated heterocycles. The molecule has 6 rings (SSSR count). The summed E-state index contributed by atoms with van der Waals surface area (Å²) in [5.74, 6) is -0.261. The van der Waals surface area contributed by atoms with E-state index in [2.05, 4.69) is 32.4 Å². The molecule has 10 nitrogen and oxygen atoms in total. The number of benzene rings is 2. The molecule has 2 fully saturated rings. The van der Waals surface area contributed by atoms with Crippen LogP contribution in [0.2, 0.25) is 0 Å². The first kappa shape index (κ1) is 28.6. The number of rotatable bonds is 10. The Balaban J connectivity index is 1.23. The Morgan fingerprint density at radius 3 is 2.48 bits per heavy atom. The van der Waals surface area contributed by atoms with Crippen LogP contribution in [0.1, 0.15) is 23.2 Å². The van der Waals surface area contributed by atoms with Gasteiger partial charge in [0, 0.05) is 58.6 Å². The largest absolute Gasteiger partial charge is 0.451 e. The lowest BCUT2D eigenvalue weighted by atomic mass is 10.1. The van der Waals surface area contributed by atoms with E-state index < -0.39 is 17.2 Å². The molecule has 0 bridgehead atoms. The van der Waals surface area contributed by atoms with Gasteiger partial charge in [0.1, 0.15) is 16.8 Å². The molecule has 0 spiro atoms. The standard InChI is InChI=1S/C31H39FN6O4/c1-35-12-14-36(15-13-35)10-4-8-33-27-24(32)20-22-28-30(27)42-26-7-3-2-6-25(26)38(28)21-23(29(22)39)31(40)34-9-5-11-37-16-18-41-19-17-37/h2-3,6-7,20-21,33H,4-5,8-19H2,1H3,(H,34,40). The van der Waals surface area contributed by atoms with Crippen LogP contribution in [0.5, 0.6) is 11.5 Å². The fourth-order valence-corrected chi connectivity index (χ4v) is 5.91.